The fourth-order valence-corrected chi connectivity index (χ4v) is 5.00. The highest BCUT2D eigenvalue weighted by molar-refractivity contribution is 6.35. The van der Waals surface area contributed by atoms with Crippen LogP contribution < -0.4 is 5.32 Å². The van der Waals surface area contributed by atoms with Crippen LogP contribution in [0.25, 0.3) is 0 Å². The van der Waals surface area contributed by atoms with Gasteiger partial charge in [-0.25, -0.2) is 0 Å². The number of piperidine rings is 1. The van der Waals surface area contributed by atoms with Gasteiger partial charge in [-0.2, -0.15) is 0 Å². The number of hydrogen-bond donors (Lipinski definition) is 1. The lowest BCUT2D eigenvalue weighted by atomic mass is 10.0. The second kappa shape index (κ2) is 10.1. The molecule has 0 radical (unpaired) electrons. The van der Waals surface area contributed by atoms with E-state index in [1.807, 2.05) is 36.1 Å². The second-order valence-electron chi connectivity index (χ2n) is 8.67. The van der Waals surface area contributed by atoms with E-state index in [4.69, 9.17) is 23.2 Å². The average molecular weight is 488 g/mol. The number of carbonyl (C=O) groups is 3. The van der Waals surface area contributed by atoms with Crippen LogP contribution in [0.2, 0.25) is 10.0 Å². The molecule has 8 heteroatoms. The third kappa shape index (κ3) is 5.17. The van der Waals surface area contributed by atoms with Gasteiger partial charge in [0, 0.05) is 36.3 Å². The van der Waals surface area contributed by atoms with E-state index in [9.17, 15) is 14.4 Å². The fourth-order valence-electron chi connectivity index (χ4n) is 4.63. The van der Waals surface area contributed by atoms with Crippen molar-refractivity contribution in [2.24, 2.45) is 0 Å². The first-order valence-corrected chi connectivity index (χ1v) is 12.0. The van der Waals surface area contributed by atoms with Crippen LogP contribution in [-0.4, -0.2) is 59.2 Å². The molecule has 2 heterocycles. The van der Waals surface area contributed by atoms with Crippen molar-refractivity contribution in [3.63, 3.8) is 0 Å². The van der Waals surface area contributed by atoms with Crippen LogP contribution in [0.3, 0.4) is 0 Å². The molecular weight excluding hydrogens is 461 g/mol. The predicted octanol–water partition coefficient (Wildman–Crippen LogP) is 4.33. The zero-order valence-corrected chi connectivity index (χ0v) is 20.0. The van der Waals surface area contributed by atoms with Crippen LogP contribution in [-0.2, 0) is 4.79 Å². The summed E-state index contributed by atoms with van der Waals surface area (Å²) in [6.45, 7) is 3.53. The van der Waals surface area contributed by atoms with Gasteiger partial charge in [-0.05, 0) is 62.4 Å². The Morgan fingerprint density at radius 2 is 1.67 bits per heavy atom. The molecular formula is C25H27Cl2N3O3. The third-order valence-corrected chi connectivity index (χ3v) is 7.05. The van der Waals surface area contributed by atoms with Crippen LogP contribution >= 0.6 is 23.2 Å². The fraction of sp³-hybridized carbons (Fsp3) is 0.400. The molecule has 0 spiro atoms. The number of halogens is 2. The molecule has 0 bridgehead atoms. The van der Waals surface area contributed by atoms with Crippen molar-refractivity contribution in [3.05, 3.63) is 69.2 Å². The molecule has 2 aromatic rings. The van der Waals surface area contributed by atoms with Gasteiger partial charge >= 0.3 is 0 Å². The molecule has 2 aliphatic heterocycles. The maximum Gasteiger partial charge on any atom is 0.256 e. The second-order valence-corrected chi connectivity index (χ2v) is 9.51. The van der Waals surface area contributed by atoms with Crippen molar-refractivity contribution < 1.29 is 14.4 Å². The molecule has 1 unspecified atom stereocenters. The van der Waals surface area contributed by atoms with Crippen molar-refractivity contribution in [3.8, 4) is 0 Å². The van der Waals surface area contributed by atoms with Crippen LogP contribution in [0, 0.1) is 6.92 Å². The van der Waals surface area contributed by atoms with Gasteiger partial charge in [-0.15, -0.1) is 0 Å². The summed E-state index contributed by atoms with van der Waals surface area (Å²) >= 11 is 12.3. The predicted molar refractivity (Wildman–Crippen MR) is 129 cm³/mol. The average Bonchev–Trinajstić information content (AvgIpc) is 3.30. The summed E-state index contributed by atoms with van der Waals surface area (Å²) < 4.78 is 0. The maximum atomic E-state index is 13.3. The van der Waals surface area contributed by atoms with Crippen molar-refractivity contribution in [2.45, 2.75) is 44.7 Å². The SMILES string of the molecule is Cc1ccccc1C(=O)NC1CCN(C(=O)C2CCCN2C(=O)c2cc(Cl)ccc2Cl)CC1. The van der Waals surface area contributed by atoms with Gasteiger partial charge < -0.3 is 15.1 Å². The number of aryl methyl sites for hydroxylation is 1. The highest BCUT2D eigenvalue weighted by Crippen LogP contribution is 2.28. The Balaban J connectivity index is 1.36. The lowest BCUT2D eigenvalue weighted by Crippen LogP contribution is -2.52. The van der Waals surface area contributed by atoms with Gasteiger partial charge in [0.2, 0.25) is 5.91 Å². The summed E-state index contributed by atoms with van der Waals surface area (Å²) in [6, 6.07) is 11.8. The molecule has 0 saturated carbocycles. The smallest absolute Gasteiger partial charge is 0.256 e. The van der Waals surface area contributed by atoms with E-state index in [0.29, 0.717) is 60.1 Å². The quantitative estimate of drug-likeness (QED) is 0.697. The molecule has 1 N–H and O–H groups in total. The molecule has 2 aromatic carbocycles. The van der Waals surface area contributed by atoms with Crippen molar-refractivity contribution in [1.82, 2.24) is 15.1 Å². The first-order chi connectivity index (χ1) is 15.8. The normalized spacial score (nSPS) is 18.9. The monoisotopic (exact) mass is 487 g/mol. The molecule has 0 aliphatic carbocycles. The van der Waals surface area contributed by atoms with Crippen LogP contribution in [0.15, 0.2) is 42.5 Å². The maximum absolute atomic E-state index is 13.3. The van der Waals surface area contributed by atoms with Crippen molar-refractivity contribution in [1.29, 1.82) is 0 Å². The Morgan fingerprint density at radius 3 is 2.39 bits per heavy atom. The number of likely N-dealkylation sites (tertiary alicyclic amines) is 2. The summed E-state index contributed by atoms with van der Waals surface area (Å²) in [6.07, 6.45) is 2.77. The molecule has 3 amide bonds. The summed E-state index contributed by atoms with van der Waals surface area (Å²) in [5.41, 5.74) is 1.94. The number of rotatable bonds is 4. The highest BCUT2D eigenvalue weighted by Gasteiger charge is 2.38. The molecule has 0 aromatic heterocycles. The van der Waals surface area contributed by atoms with Gasteiger partial charge in [0.1, 0.15) is 6.04 Å². The zero-order valence-electron chi connectivity index (χ0n) is 18.5. The van der Waals surface area contributed by atoms with E-state index in [2.05, 4.69) is 5.32 Å². The van der Waals surface area contributed by atoms with E-state index < -0.39 is 6.04 Å². The Kier molecular flexibility index (Phi) is 7.25. The first-order valence-electron chi connectivity index (χ1n) is 11.3. The molecule has 6 nitrogen and oxygen atoms in total. The lowest BCUT2D eigenvalue weighted by molar-refractivity contribution is -0.136. The minimum absolute atomic E-state index is 0.0211. The number of nitrogens with one attached hydrogen (secondary N) is 1. The minimum atomic E-state index is -0.495. The molecule has 1 atom stereocenters. The number of nitrogens with zero attached hydrogens (tertiary/aromatic N) is 2. The Labute approximate surface area is 203 Å². The number of hydrogen-bond acceptors (Lipinski definition) is 3. The molecule has 174 valence electrons. The van der Waals surface area contributed by atoms with E-state index in [1.54, 1.807) is 23.1 Å². The summed E-state index contributed by atoms with van der Waals surface area (Å²) in [4.78, 5) is 42.4. The molecule has 33 heavy (non-hydrogen) atoms. The lowest BCUT2D eigenvalue weighted by Gasteiger charge is -2.36. The summed E-state index contributed by atoms with van der Waals surface area (Å²) in [7, 11) is 0. The van der Waals surface area contributed by atoms with Gasteiger partial charge in [-0.3, -0.25) is 14.4 Å². The number of carbonyl (C=O) groups excluding carboxylic acids is 3. The molecule has 2 saturated heterocycles. The number of benzene rings is 2. The van der Waals surface area contributed by atoms with Crippen LogP contribution in [0.4, 0.5) is 0 Å². The molecule has 4 rings (SSSR count). The Morgan fingerprint density at radius 1 is 0.939 bits per heavy atom. The zero-order chi connectivity index (χ0) is 23.5. The van der Waals surface area contributed by atoms with E-state index in [-0.39, 0.29) is 23.8 Å². The first kappa shape index (κ1) is 23.6. The van der Waals surface area contributed by atoms with Crippen molar-refractivity contribution in [2.75, 3.05) is 19.6 Å². The van der Waals surface area contributed by atoms with Crippen LogP contribution in [0.5, 0.6) is 0 Å². The topological polar surface area (TPSA) is 69.7 Å². The van der Waals surface area contributed by atoms with E-state index in [1.165, 1.54) is 0 Å². The Hall–Kier alpha value is -2.57. The van der Waals surface area contributed by atoms with Gasteiger partial charge in [0.15, 0.2) is 0 Å². The van der Waals surface area contributed by atoms with Gasteiger partial charge in [0.25, 0.3) is 11.8 Å². The Bertz CT molecular complexity index is 1070. The van der Waals surface area contributed by atoms with Gasteiger partial charge in [0.05, 0.1) is 10.6 Å². The third-order valence-electron chi connectivity index (χ3n) is 6.49. The van der Waals surface area contributed by atoms with Crippen LogP contribution in [0.1, 0.15) is 52.0 Å². The van der Waals surface area contributed by atoms with Gasteiger partial charge in [-0.1, -0.05) is 41.4 Å². The molecule has 2 aliphatic rings. The van der Waals surface area contributed by atoms with E-state index in [0.717, 1.165) is 12.0 Å². The van der Waals surface area contributed by atoms with E-state index >= 15 is 0 Å². The molecule has 2 fully saturated rings. The standard InChI is InChI=1S/C25H27Cl2N3O3/c1-16-5-2-3-6-19(16)23(31)28-18-10-13-29(14-11-18)25(33)22-7-4-12-30(22)24(32)20-15-17(26)8-9-21(20)27/h2-3,5-6,8-9,15,18,22H,4,7,10-14H2,1H3,(H,28,31). The van der Waals surface area contributed by atoms with Crippen molar-refractivity contribution >= 4 is 40.9 Å². The highest BCUT2D eigenvalue weighted by atomic mass is 35.5. The minimum Gasteiger partial charge on any atom is -0.349 e. The number of amides is 3. The largest absolute Gasteiger partial charge is 0.349 e. The summed E-state index contributed by atoms with van der Waals surface area (Å²) in [5.74, 6) is -0.384. The summed E-state index contributed by atoms with van der Waals surface area (Å²) in [5, 5.41) is 3.85.